The Balaban J connectivity index is 2.64. The third-order valence-electron chi connectivity index (χ3n) is 5.14. The number of benzene rings is 3. The predicted molar refractivity (Wildman–Crippen MR) is 136 cm³/mol. The fraction of sp³-hybridized carbons (Fsp3) is 0.167. The lowest BCUT2D eigenvalue weighted by atomic mass is 10.3. The molecule has 0 amide bonds. The van der Waals surface area contributed by atoms with Crippen LogP contribution >= 0.6 is 10.2 Å². The molecule has 0 spiro atoms. The summed E-state index contributed by atoms with van der Waals surface area (Å²) >= 11 is 0. The molecule has 0 radical (unpaired) electrons. The summed E-state index contributed by atoms with van der Waals surface area (Å²) in [5, 5.41) is 0. The normalized spacial score (nSPS) is 13.5. The molecule has 0 N–H and O–H groups in total. The second-order valence-corrected chi connectivity index (χ2v) is 15.3. The van der Waals surface area contributed by atoms with Gasteiger partial charge in [-0.05, 0) is 63.8 Å². The minimum Gasteiger partial charge on any atom is -0.427 e. The summed E-state index contributed by atoms with van der Waals surface area (Å²) in [6, 6.07) is 12.6. The van der Waals surface area contributed by atoms with Crippen LogP contribution in [-0.2, 0) is 29.6 Å². The first kappa shape index (κ1) is 32.9. The largest absolute Gasteiger partial charge is 0.513 e. The van der Waals surface area contributed by atoms with Crippen LogP contribution in [0.25, 0.3) is 0 Å². The SMILES string of the molecule is CC(=O)Oc1ccc(S(c2ccccc2)(c2ccc(OC(C)=O)cc2)N(S(=O)(=O)C(F)(F)F)S(=O)(=O)C(F)(F)F)cc1. The van der Waals surface area contributed by atoms with E-state index in [4.69, 9.17) is 9.47 Å². The molecule has 18 heteroatoms. The maximum Gasteiger partial charge on any atom is 0.513 e. The van der Waals surface area contributed by atoms with Gasteiger partial charge in [0.1, 0.15) is 11.5 Å². The lowest BCUT2D eigenvalue weighted by molar-refractivity contribution is -0.132. The van der Waals surface area contributed by atoms with Gasteiger partial charge < -0.3 is 9.47 Å². The van der Waals surface area contributed by atoms with Crippen LogP contribution in [0.1, 0.15) is 13.8 Å². The lowest BCUT2D eigenvalue weighted by Gasteiger charge is -2.47. The third kappa shape index (κ3) is 6.11. The van der Waals surface area contributed by atoms with E-state index in [2.05, 4.69) is 0 Å². The molecule has 0 aliphatic heterocycles. The number of esters is 2. The Morgan fingerprint density at radius 3 is 1.17 bits per heavy atom. The molecular weight excluding hydrogens is 640 g/mol. The number of carbonyl (C=O) groups excluding carboxylic acids is 2. The summed E-state index contributed by atoms with van der Waals surface area (Å²) in [7, 11) is -19.5. The molecule has 0 saturated carbocycles. The van der Waals surface area contributed by atoms with Gasteiger partial charge in [0.15, 0.2) is 0 Å². The first-order chi connectivity index (χ1) is 19.3. The molecule has 0 saturated heterocycles. The molecule has 228 valence electrons. The Hall–Kier alpha value is -3.61. The van der Waals surface area contributed by atoms with Crippen molar-refractivity contribution in [2.24, 2.45) is 0 Å². The van der Waals surface area contributed by atoms with E-state index in [1.165, 1.54) is 6.07 Å². The number of hydrogen-bond acceptors (Lipinski definition) is 8. The summed E-state index contributed by atoms with van der Waals surface area (Å²) in [5.74, 6) is -2.15. The van der Waals surface area contributed by atoms with Gasteiger partial charge in [0.25, 0.3) is 0 Å². The van der Waals surface area contributed by atoms with Crippen molar-refractivity contribution >= 4 is 42.2 Å². The van der Waals surface area contributed by atoms with Crippen molar-refractivity contribution in [1.29, 1.82) is 0 Å². The molecule has 0 aliphatic rings. The monoisotopic (exact) mass is 659 g/mol. The first-order valence-electron chi connectivity index (χ1n) is 11.1. The van der Waals surface area contributed by atoms with Crippen molar-refractivity contribution in [3.63, 3.8) is 0 Å². The highest BCUT2D eigenvalue weighted by Crippen LogP contribution is 2.74. The summed E-state index contributed by atoms with van der Waals surface area (Å²) in [5.41, 5.74) is -13.1. The first-order valence-corrected chi connectivity index (χ1v) is 15.6. The lowest BCUT2D eigenvalue weighted by Crippen LogP contribution is -2.50. The molecule has 3 aromatic rings. The molecule has 0 aromatic heterocycles. The molecule has 9 nitrogen and oxygen atoms in total. The highest BCUT2D eigenvalue weighted by molar-refractivity contribution is 8.41. The van der Waals surface area contributed by atoms with Crippen LogP contribution in [0.15, 0.2) is 93.5 Å². The molecule has 0 unspecified atom stereocenters. The second-order valence-electron chi connectivity index (χ2n) is 8.09. The van der Waals surface area contributed by atoms with E-state index in [0.29, 0.717) is 0 Å². The van der Waals surface area contributed by atoms with Crippen molar-refractivity contribution in [2.75, 3.05) is 0 Å². The van der Waals surface area contributed by atoms with Crippen molar-refractivity contribution in [2.45, 2.75) is 39.6 Å². The van der Waals surface area contributed by atoms with E-state index in [-0.39, 0.29) is 11.5 Å². The number of ether oxygens (including phenoxy) is 2. The molecule has 42 heavy (non-hydrogen) atoms. The molecule has 3 aromatic carbocycles. The van der Waals surface area contributed by atoms with Crippen molar-refractivity contribution in [3.8, 4) is 11.5 Å². The molecule has 3 rings (SSSR count). The van der Waals surface area contributed by atoms with Crippen LogP contribution in [0.5, 0.6) is 11.5 Å². The highest BCUT2D eigenvalue weighted by Gasteiger charge is 2.67. The van der Waals surface area contributed by atoms with Gasteiger partial charge in [0.05, 0.1) is 0 Å². The fourth-order valence-electron chi connectivity index (χ4n) is 3.62. The van der Waals surface area contributed by atoms with Crippen LogP contribution in [0.4, 0.5) is 26.3 Å². The minimum absolute atomic E-state index is 0.235. The summed E-state index contributed by atoms with van der Waals surface area (Å²) < 4.78 is 145. The van der Waals surface area contributed by atoms with Gasteiger partial charge in [-0.15, -0.1) is 0 Å². The van der Waals surface area contributed by atoms with Crippen molar-refractivity contribution in [1.82, 2.24) is 3.12 Å². The molecule has 0 aliphatic carbocycles. The average Bonchev–Trinajstić information content (AvgIpc) is 2.86. The Bertz CT molecular complexity index is 1570. The van der Waals surface area contributed by atoms with Gasteiger partial charge >= 0.3 is 43.0 Å². The number of hydrogen-bond donors (Lipinski definition) is 0. The number of halogens is 6. The summed E-state index contributed by atoms with van der Waals surface area (Å²) in [6.07, 6.45) is 0. The minimum atomic E-state index is -7.35. The van der Waals surface area contributed by atoms with Crippen LogP contribution in [0.2, 0.25) is 0 Å². The molecule has 0 bridgehead atoms. The summed E-state index contributed by atoms with van der Waals surface area (Å²) in [4.78, 5) is 20.9. The van der Waals surface area contributed by atoms with Crippen molar-refractivity contribution < 1.29 is 62.2 Å². The smallest absolute Gasteiger partial charge is 0.427 e. The Labute approximate surface area is 237 Å². The zero-order valence-corrected chi connectivity index (χ0v) is 23.7. The van der Waals surface area contributed by atoms with E-state index < -0.39 is 71.0 Å². The highest BCUT2D eigenvalue weighted by atomic mass is 32.4. The Morgan fingerprint density at radius 2 is 0.881 bits per heavy atom. The zero-order chi connectivity index (χ0) is 31.7. The standard InChI is InChI=1S/C24H19F6NO8S3/c1-16(32)38-18-8-12-21(13-9-18)40(20-6-4-3-5-7-20,22-14-10-19(11-15-22)39-17(2)33)31(41(34,35)23(25,26)27)42(36,37)24(28,29)30/h3-15H,1-2H3. The number of sulfonamides is 2. The van der Waals surface area contributed by atoms with E-state index >= 15 is 0 Å². The molecule has 0 atom stereocenters. The van der Waals surface area contributed by atoms with Gasteiger partial charge in [-0.25, -0.2) is 16.8 Å². The van der Waals surface area contributed by atoms with Crippen LogP contribution in [0, 0.1) is 0 Å². The van der Waals surface area contributed by atoms with Gasteiger partial charge in [-0.2, -0.15) is 26.3 Å². The third-order valence-corrected chi connectivity index (χ3v) is 14.1. The van der Waals surface area contributed by atoms with Gasteiger partial charge in [-0.3, -0.25) is 9.59 Å². The van der Waals surface area contributed by atoms with E-state index in [1.54, 1.807) is 0 Å². The molecule has 0 heterocycles. The molecule has 0 fully saturated rings. The number of nitrogens with zero attached hydrogens (tertiary/aromatic N) is 1. The molecular formula is C24H19F6NO8S3. The van der Waals surface area contributed by atoms with Crippen LogP contribution in [-0.4, -0.2) is 42.9 Å². The van der Waals surface area contributed by atoms with Gasteiger partial charge in [-0.1, -0.05) is 28.4 Å². The Morgan fingerprint density at radius 1 is 0.571 bits per heavy atom. The van der Waals surface area contributed by atoms with Gasteiger partial charge in [0, 0.05) is 28.5 Å². The van der Waals surface area contributed by atoms with Gasteiger partial charge in [0.2, 0.25) is 0 Å². The number of alkyl halides is 6. The topological polar surface area (TPSA) is 124 Å². The van der Waals surface area contributed by atoms with Crippen LogP contribution in [0.3, 0.4) is 0 Å². The van der Waals surface area contributed by atoms with Crippen LogP contribution < -0.4 is 9.47 Å². The maximum atomic E-state index is 14.1. The quantitative estimate of drug-likeness (QED) is 0.171. The number of rotatable bonds is 8. The fourth-order valence-corrected chi connectivity index (χ4v) is 12.9. The Kier molecular flexibility index (Phi) is 9.07. The second kappa shape index (κ2) is 11.6. The van der Waals surface area contributed by atoms with E-state index in [0.717, 1.165) is 86.6 Å². The predicted octanol–water partition coefficient (Wildman–Crippen LogP) is 5.74. The summed E-state index contributed by atoms with van der Waals surface area (Å²) in [6.45, 7) is 2.01. The number of carbonyl (C=O) groups is 2. The maximum absolute atomic E-state index is 14.1. The van der Waals surface area contributed by atoms with Crippen molar-refractivity contribution in [3.05, 3.63) is 78.9 Å². The zero-order valence-electron chi connectivity index (χ0n) is 21.2. The van der Waals surface area contributed by atoms with E-state index in [1.807, 2.05) is 0 Å². The average molecular weight is 660 g/mol. The van der Waals surface area contributed by atoms with E-state index in [9.17, 15) is 52.8 Å².